The molecule has 2 N–H and O–H groups in total. The Morgan fingerprint density at radius 1 is 1.24 bits per heavy atom. The fraction of sp³-hybridized carbons (Fsp3) is 0.652. The number of halogens is 2. The van der Waals surface area contributed by atoms with E-state index in [0.29, 0.717) is 44.1 Å². The third-order valence-electron chi connectivity index (χ3n) is 7.95. The lowest BCUT2D eigenvalue weighted by molar-refractivity contribution is -0.131. The Hall–Kier alpha value is -1.73. The average Bonchev–Trinajstić information content (AvgIpc) is 3.21. The number of hydrogen-bond acceptors (Lipinski definition) is 5. The smallest absolute Gasteiger partial charge is 0.244 e. The number of sulfonamides is 1. The predicted molar refractivity (Wildman–Crippen MR) is 120 cm³/mol. The number of carbonyl (C=O) groups excluding carboxylic acids is 1. The van der Waals surface area contributed by atoms with Gasteiger partial charge in [-0.25, -0.2) is 17.5 Å². The third-order valence-corrected chi connectivity index (χ3v) is 9.84. The van der Waals surface area contributed by atoms with E-state index >= 15 is 0 Å². The highest BCUT2D eigenvalue weighted by Gasteiger charge is 2.59. The molecule has 4 saturated carbocycles. The SMILES string of the molecule is N#C[C@@H]1CCCN1C(=O)CNC12CC3CC(C1)CC(NS(=O)(=O)c1cccc(Cl)c1F)(C3)C2. The summed E-state index contributed by atoms with van der Waals surface area (Å²) in [5.41, 5.74) is -1.01. The quantitative estimate of drug-likeness (QED) is 0.633. The van der Waals surface area contributed by atoms with E-state index in [1.807, 2.05) is 0 Å². The van der Waals surface area contributed by atoms with Gasteiger partial charge in [0.25, 0.3) is 0 Å². The highest BCUT2D eigenvalue weighted by Crippen LogP contribution is 2.57. The molecule has 0 aromatic heterocycles. The second-order valence-corrected chi connectivity index (χ2v) is 12.5. The molecule has 1 saturated heterocycles. The van der Waals surface area contributed by atoms with Crippen LogP contribution in [-0.4, -0.2) is 49.4 Å². The maximum absolute atomic E-state index is 14.5. The van der Waals surface area contributed by atoms with Crippen LogP contribution in [-0.2, 0) is 14.8 Å². The van der Waals surface area contributed by atoms with Crippen molar-refractivity contribution in [1.29, 1.82) is 5.26 Å². The molecule has 10 heteroatoms. The molecule has 0 radical (unpaired) electrons. The van der Waals surface area contributed by atoms with Gasteiger partial charge < -0.3 is 10.2 Å². The monoisotopic (exact) mass is 494 g/mol. The number of nitrogens with one attached hydrogen (secondary N) is 2. The summed E-state index contributed by atoms with van der Waals surface area (Å²) in [5, 5.41) is 12.6. The first kappa shape index (κ1) is 23.0. The minimum absolute atomic E-state index is 0.0783. The van der Waals surface area contributed by atoms with E-state index in [1.165, 1.54) is 18.2 Å². The fourth-order valence-electron chi connectivity index (χ4n) is 7.18. The Morgan fingerprint density at radius 3 is 2.64 bits per heavy atom. The van der Waals surface area contributed by atoms with Crippen molar-refractivity contribution in [2.75, 3.05) is 13.1 Å². The number of rotatable bonds is 6. The van der Waals surface area contributed by atoms with Crippen molar-refractivity contribution in [2.45, 2.75) is 73.4 Å². The molecule has 1 amide bonds. The molecule has 1 aromatic carbocycles. The standard InChI is InChI=1S/C23H28ClFN4O3S/c24-18-4-1-5-19(21(18)25)33(31,32)28-23-10-15-7-16(11-23)9-22(8-15,14-23)27-13-20(30)29-6-2-3-17(29)12-26/h1,4-5,15-17,27-28H,2-3,6-11,13-14H2/t15?,16?,17-,22?,23?/m0/s1. The van der Waals surface area contributed by atoms with Gasteiger partial charge in [-0.15, -0.1) is 0 Å². The number of nitriles is 1. The molecule has 1 aliphatic heterocycles. The number of carbonyl (C=O) groups is 1. The molecular formula is C23H28ClFN4O3S. The van der Waals surface area contributed by atoms with E-state index in [1.54, 1.807) is 4.90 Å². The Bertz CT molecular complexity index is 1110. The highest BCUT2D eigenvalue weighted by atomic mass is 35.5. The molecule has 1 aromatic rings. The summed E-state index contributed by atoms with van der Waals surface area (Å²) < 4.78 is 43.7. The molecule has 1 heterocycles. The van der Waals surface area contributed by atoms with E-state index in [-0.39, 0.29) is 29.1 Å². The van der Waals surface area contributed by atoms with Gasteiger partial charge in [0.1, 0.15) is 10.9 Å². The molecule has 4 aliphatic carbocycles. The molecule has 4 bridgehead atoms. The van der Waals surface area contributed by atoms with Gasteiger partial charge in [0, 0.05) is 17.6 Å². The van der Waals surface area contributed by atoms with Crippen molar-refractivity contribution in [3.8, 4) is 6.07 Å². The van der Waals surface area contributed by atoms with Gasteiger partial charge >= 0.3 is 0 Å². The summed E-state index contributed by atoms with van der Waals surface area (Å²) in [6.07, 6.45) is 6.38. The van der Waals surface area contributed by atoms with E-state index < -0.39 is 26.3 Å². The zero-order valence-corrected chi connectivity index (χ0v) is 19.9. The van der Waals surface area contributed by atoms with Crippen LogP contribution in [0.4, 0.5) is 4.39 Å². The van der Waals surface area contributed by atoms with Gasteiger partial charge in [0.05, 0.1) is 17.6 Å². The van der Waals surface area contributed by atoms with Gasteiger partial charge in [-0.2, -0.15) is 5.26 Å². The lowest BCUT2D eigenvalue weighted by Gasteiger charge is -2.62. The van der Waals surface area contributed by atoms with Gasteiger partial charge in [0.15, 0.2) is 5.82 Å². The minimum Gasteiger partial charge on any atom is -0.326 e. The summed E-state index contributed by atoms with van der Waals surface area (Å²) in [6.45, 7) is 0.745. The second-order valence-electron chi connectivity index (χ2n) is 10.4. The van der Waals surface area contributed by atoms with E-state index in [4.69, 9.17) is 11.6 Å². The van der Waals surface area contributed by atoms with Crippen LogP contribution in [0.2, 0.25) is 5.02 Å². The molecule has 5 aliphatic rings. The summed E-state index contributed by atoms with van der Waals surface area (Å²) in [4.78, 5) is 14.0. The number of hydrogen-bond donors (Lipinski definition) is 2. The van der Waals surface area contributed by atoms with Crippen LogP contribution >= 0.6 is 11.6 Å². The van der Waals surface area contributed by atoms with Crippen LogP contribution in [0.25, 0.3) is 0 Å². The van der Waals surface area contributed by atoms with E-state index in [2.05, 4.69) is 16.1 Å². The van der Waals surface area contributed by atoms with Crippen LogP contribution in [0.1, 0.15) is 51.4 Å². The summed E-state index contributed by atoms with van der Waals surface area (Å²) in [7, 11) is -4.11. The summed E-state index contributed by atoms with van der Waals surface area (Å²) >= 11 is 5.83. The Morgan fingerprint density at radius 2 is 1.94 bits per heavy atom. The largest absolute Gasteiger partial charge is 0.326 e. The van der Waals surface area contributed by atoms with Crippen LogP contribution in [0.15, 0.2) is 23.1 Å². The summed E-state index contributed by atoms with van der Waals surface area (Å²) in [5.74, 6) is -0.322. The third kappa shape index (κ3) is 4.16. The normalized spacial score (nSPS) is 35.1. The molecular weight excluding hydrogens is 467 g/mol. The van der Waals surface area contributed by atoms with Crippen molar-refractivity contribution in [3.63, 3.8) is 0 Å². The minimum atomic E-state index is -4.11. The Balaban J connectivity index is 1.35. The molecule has 2 unspecified atom stereocenters. The number of amides is 1. The zero-order valence-electron chi connectivity index (χ0n) is 18.3. The molecule has 33 heavy (non-hydrogen) atoms. The van der Waals surface area contributed by atoms with Crippen LogP contribution < -0.4 is 10.0 Å². The number of nitrogens with zero attached hydrogens (tertiary/aromatic N) is 2. The predicted octanol–water partition coefficient (Wildman–Crippen LogP) is 2.95. The zero-order chi connectivity index (χ0) is 23.4. The first-order valence-electron chi connectivity index (χ1n) is 11.6. The Labute approximate surface area is 198 Å². The van der Waals surface area contributed by atoms with E-state index in [9.17, 15) is 22.9 Å². The molecule has 3 atom stereocenters. The number of benzene rings is 1. The van der Waals surface area contributed by atoms with E-state index in [0.717, 1.165) is 25.7 Å². The Kier molecular flexibility index (Phi) is 5.72. The maximum Gasteiger partial charge on any atom is 0.244 e. The maximum atomic E-state index is 14.5. The number of likely N-dealkylation sites (tertiary alicyclic amines) is 1. The lowest BCUT2D eigenvalue weighted by Crippen LogP contribution is -2.69. The fourth-order valence-corrected chi connectivity index (χ4v) is 8.94. The van der Waals surface area contributed by atoms with Crippen LogP contribution in [0.5, 0.6) is 0 Å². The van der Waals surface area contributed by atoms with Gasteiger partial charge in [-0.3, -0.25) is 4.79 Å². The topological polar surface area (TPSA) is 102 Å². The van der Waals surface area contributed by atoms with Crippen molar-refractivity contribution in [2.24, 2.45) is 11.8 Å². The summed E-state index contributed by atoms with van der Waals surface area (Å²) in [6, 6.07) is 5.84. The molecule has 7 nitrogen and oxygen atoms in total. The second kappa shape index (κ2) is 8.19. The van der Waals surface area contributed by atoms with Crippen molar-refractivity contribution >= 4 is 27.5 Å². The van der Waals surface area contributed by atoms with Crippen molar-refractivity contribution < 1.29 is 17.6 Å². The van der Waals surface area contributed by atoms with Gasteiger partial charge in [0.2, 0.25) is 15.9 Å². The highest BCUT2D eigenvalue weighted by molar-refractivity contribution is 7.89. The molecule has 178 valence electrons. The first-order valence-corrected chi connectivity index (χ1v) is 13.4. The van der Waals surface area contributed by atoms with Crippen LogP contribution in [0, 0.1) is 29.0 Å². The first-order chi connectivity index (χ1) is 15.6. The van der Waals surface area contributed by atoms with Crippen LogP contribution in [0.3, 0.4) is 0 Å². The van der Waals surface area contributed by atoms with Gasteiger partial charge in [-0.1, -0.05) is 17.7 Å². The van der Waals surface area contributed by atoms with Crippen molar-refractivity contribution in [1.82, 2.24) is 14.9 Å². The molecule has 5 fully saturated rings. The molecule has 0 spiro atoms. The molecule has 6 rings (SSSR count). The van der Waals surface area contributed by atoms with Gasteiger partial charge in [-0.05, 0) is 75.3 Å². The van der Waals surface area contributed by atoms with Crippen molar-refractivity contribution in [3.05, 3.63) is 29.0 Å². The average molecular weight is 495 g/mol. The lowest BCUT2D eigenvalue weighted by atomic mass is 9.50.